The maximum atomic E-state index is 11.1. The Labute approximate surface area is 168 Å². The van der Waals surface area contributed by atoms with Crippen molar-refractivity contribution >= 4 is 39.7 Å². The molecule has 1 aromatic rings. The first-order valence-corrected chi connectivity index (χ1v) is 10.7. The largest absolute Gasteiger partial charge is 0.385 e. The van der Waals surface area contributed by atoms with Crippen molar-refractivity contribution in [3.05, 3.63) is 52.7 Å². The van der Waals surface area contributed by atoms with E-state index < -0.39 is 0 Å². The second-order valence-electron chi connectivity index (χ2n) is 6.93. The number of allylic oxidation sites excluding steroid dienone is 1. The normalized spacial score (nSPS) is 24.0. The van der Waals surface area contributed by atoms with Crippen molar-refractivity contribution in [1.29, 1.82) is 0 Å². The van der Waals surface area contributed by atoms with E-state index in [-0.39, 0.29) is 0 Å². The summed E-state index contributed by atoms with van der Waals surface area (Å²) in [5.41, 5.74) is 10.4. The van der Waals surface area contributed by atoms with Gasteiger partial charge in [-0.15, -0.1) is 4.91 Å². The quantitative estimate of drug-likeness (QED) is 0.379. The van der Waals surface area contributed by atoms with Crippen LogP contribution >= 0.6 is 22.6 Å². The van der Waals surface area contributed by atoms with Gasteiger partial charge in [-0.1, -0.05) is 47.4 Å². The topological polar surface area (TPSA) is 71.0 Å². The fraction of sp³-hybridized carbons (Fsp3) is 0.450. The molecular formula is C20H25IN4O. The van der Waals surface area contributed by atoms with E-state index in [1.807, 2.05) is 12.1 Å². The lowest BCUT2D eigenvalue weighted by Gasteiger charge is -2.29. The van der Waals surface area contributed by atoms with Gasteiger partial charge in [0, 0.05) is 34.4 Å². The van der Waals surface area contributed by atoms with Crippen LogP contribution in [0, 0.1) is 10.8 Å². The first-order chi connectivity index (χ1) is 12.6. The molecule has 1 atom stereocenters. The predicted octanol–water partition coefficient (Wildman–Crippen LogP) is 5.00. The molecule has 0 spiro atoms. The monoisotopic (exact) mass is 464 g/mol. The number of nitrogens with two attached hydrogens (primary N) is 1. The summed E-state index contributed by atoms with van der Waals surface area (Å²) in [6, 6.07) is 7.20. The van der Waals surface area contributed by atoms with Gasteiger partial charge in [0.25, 0.3) is 0 Å². The Kier molecular flexibility index (Phi) is 6.45. The Morgan fingerprint density at radius 2 is 2.04 bits per heavy atom. The van der Waals surface area contributed by atoms with Crippen LogP contribution < -0.4 is 5.73 Å². The van der Waals surface area contributed by atoms with Gasteiger partial charge in [0.1, 0.15) is 11.5 Å². The molecule has 0 radical (unpaired) electrons. The highest BCUT2D eigenvalue weighted by Crippen LogP contribution is 2.33. The van der Waals surface area contributed by atoms with Crippen LogP contribution in [0.1, 0.15) is 37.7 Å². The number of alkyl halides is 1. The minimum atomic E-state index is 0.376. The third-order valence-electron chi connectivity index (χ3n) is 5.19. The highest BCUT2D eigenvalue weighted by molar-refractivity contribution is 14.1. The van der Waals surface area contributed by atoms with Gasteiger partial charge in [-0.3, -0.25) is 4.99 Å². The van der Waals surface area contributed by atoms with E-state index in [0.29, 0.717) is 22.9 Å². The van der Waals surface area contributed by atoms with Gasteiger partial charge < -0.3 is 10.6 Å². The third kappa shape index (κ3) is 4.16. The summed E-state index contributed by atoms with van der Waals surface area (Å²) < 4.78 is 1.13. The smallest absolute Gasteiger partial charge is 0.117 e. The van der Waals surface area contributed by atoms with Crippen LogP contribution in [0.5, 0.6) is 0 Å². The third-order valence-corrected chi connectivity index (χ3v) is 6.43. The van der Waals surface area contributed by atoms with Crippen LogP contribution in [0.2, 0.25) is 0 Å². The number of aliphatic imine (C=N–C) groups is 1. The van der Waals surface area contributed by atoms with Gasteiger partial charge in [-0.25, -0.2) is 0 Å². The number of rotatable bonds is 5. The summed E-state index contributed by atoms with van der Waals surface area (Å²) in [4.78, 5) is 18.2. The average molecular weight is 464 g/mol. The van der Waals surface area contributed by atoms with Gasteiger partial charge in [0.2, 0.25) is 0 Å². The molecule has 1 heterocycles. The summed E-state index contributed by atoms with van der Waals surface area (Å²) in [6.45, 7) is 6.14. The number of likely N-dealkylation sites (tertiary alicyclic amines) is 1. The molecule has 0 bridgehead atoms. The molecule has 0 amide bonds. The van der Waals surface area contributed by atoms with Crippen molar-refractivity contribution in [2.24, 2.45) is 21.8 Å². The lowest BCUT2D eigenvalue weighted by molar-refractivity contribution is 0.410. The van der Waals surface area contributed by atoms with Crippen molar-refractivity contribution in [3.8, 4) is 0 Å². The van der Waals surface area contributed by atoms with Crippen LogP contribution in [0.4, 0.5) is 5.69 Å². The zero-order valence-corrected chi connectivity index (χ0v) is 17.1. The summed E-state index contributed by atoms with van der Waals surface area (Å²) in [7, 11) is 0. The van der Waals surface area contributed by atoms with E-state index in [1.54, 1.807) is 12.1 Å². The maximum Gasteiger partial charge on any atom is 0.117 e. The number of hydrogen-bond donors (Lipinski definition) is 1. The van der Waals surface area contributed by atoms with Crippen molar-refractivity contribution in [2.75, 3.05) is 17.5 Å². The van der Waals surface area contributed by atoms with E-state index in [9.17, 15) is 4.91 Å². The van der Waals surface area contributed by atoms with E-state index in [4.69, 9.17) is 10.7 Å². The molecule has 1 aliphatic heterocycles. The Morgan fingerprint density at radius 3 is 2.73 bits per heavy atom. The summed E-state index contributed by atoms with van der Waals surface area (Å²) in [6.07, 6.45) is 5.36. The Hall–Kier alpha value is -1.70. The van der Waals surface area contributed by atoms with Crippen molar-refractivity contribution in [3.63, 3.8) is 0 Å². The minimum Gasteiger partial charge on any atom is -0.385 e. The number of halogens is 1. The molecule has 2 fully saturated rings. The van der Waals surface area contributed by atoms with Gasteiger partial charge in [-0.05, 0) is 49.3 Å². The first-order valence-electron chi connectivity index (χ1n) is 9.13. The van der Waals surface area contributed by atoms with Gasteiger partial charge in [0.15, 0.2) is 0 Å². The molecule has 1 aliphatic carbocycles. The molecule has 2 N–H and O–H groups in total. The summed E-state index contributed by atoms with van der Waals surface area (Å²) >= 11 is 2.46. The highest BCUT2D eigenvalue weighted by atomic mass is 127. The van der Waals surface area contributed by atoms with Crippen LogP contribution in [0.3, 0.4) is 0 Å². The molecule has 6 heteroatoms. The zero-order chi connectivity index (χ0) is 18.5. The van der Waals surface area contributed by atoms with E-state index in [0.717, 1.165) is 53.9 Å². The molecule has 26 heavy (non-hydrogen) atoms. The first kappa shape index (κ1) is 19.1. The van der Waals surface area contributed by atoms with Gasteiger partial charge >= 0.3 is 0 Å². The maximum absolute atomic E-state index is 11.1. The number of hydrogen-bond acceptors (Lipinski definition) is 5. The molecule has 1 saturated heterocycles. The Bertz CT molecular complexity index is 750. The van der Waals surface area contributed by atoms with E-state index in [2.05, 4.69) is 39.2 Å². The SMILES string of the molecule is C=C(/N=C1/CCC(CI)C/C1=C(/N)N1CCCC1)c1ccccc1N=O. The van der Waals surface area contributed by atoms with Gasteiger partial charge in [0.05, 0.1) is 5.70 Å². The molecule has 1 aromatic carbocycles. The van der Waals surface area contributed by atoms with Crippen molar-refractivity contribution in [2.45, 2.75) is 32.1 Å². The molecule has 3 rings (SSSR count). The van der Waals surface area contributed by atoms with E-state index >= 15 is 0 Å². The van der Waals surface area contributed by atoms with Crippen LogP contribution in [-0.4, -0.2) is 28.1 Å². The second-order valence-corrected chi connectivity index (χ2v) is 7.82. The fourth-order valence-corrected chi connectivity index (χ4v) is 4.43. The lowest BCUT2D eigenvalue weighted by atomic mass is 9.84. The van der Waals surface area contributed by atoms with Crippen LogP contribution in [-0.2, 0) is 0 Å². The summed E-state index contributed by atoms with van der Waals surface area (Å²) in [5.74, 6) is 1.52. The zero-order valence-electron chi connectivity index (χ0n) is 15.0. The number of benzene rings is 1. The van der Waals surface area contributed by atoms with Crippen molar-refractivity contribution < 1.29 is 0 Å². The molecule has 2 aliphatic rings. The number of nitroso groups, excluding NO2 is 1. The molecule has 5 nitrogen and oxygen atoms in total. The van der Waals surface area contributed by atoms with Crippen LogP contribution in [0.15, 0.2) is 52.4 Å². The molecule has 0 aromatic heterocycles. The predicted molar refractivity (Wildman–Crippen MR) is 117 cm³/mol. The number of nitrogens with zero attached hydrogens (tertiary/aromatic N) is 3. The minimum absolute atomic E-state index is 0.376. The second kappa shape index (κ2) is 8.79. The highest BCUT2D eigenvalue weighted by Gasteiger charge is 2.26. The van der Waals surface area contributed by atoms with E-state index in [1.165, 1.54) is 12.8 Å². The average Bonchev–Trinajstić information content (AvgIpc) is 3.22. The Balaban J connectivity index is 1.94. The van der Waals surface area contributed by atoms with Gasteiger partial charge in [-0.2, -0.15) is 0 Å². The Morgan fingerprint density at radius 1 is 1.31 bits per heavy atom. The molecule has 138 valence electrons. The molecular weight excluding hydrogens is 439 g/mol. The lowest BCUT2D eigenvalue weighted by Crippen LogP contribution is -2.31. The molecule has 1 saturated carbocycles. The standard InChI is InChI=1S/C20H25IN4O/c1-14(16-6-2-3-7-19(16)24-26)23-18-9-8-15(13-21)12-17(18)20(22)25-10-4-5-11-25/h2-3,6-7,15H,1,4-5,8-13,22H2/b20-17+,23-18-. The van der Waals surface area contributed by atoms with Crippen molar-refractivity contribution in [1.82, 2.24) is 4.90 Å². The van der Waals surface area contributed by atoms with Crippen LogP contribution in [0.25, 0.3) is 5.70 Å². The summed E-state index contributed by atoms with van der Waals surface area (Å²) in [5, 5.41) is 3.10. The molecule has 1 unspecified atom stereocenters. The fourth-order valence-electron chi connectivity index (χ4n) is 3.68.